The van der Waals surface area contributed by atoms with E-state index in [-0.39, 0.29) is 18.4 Å². The Morgan fingerprint density at radius 1 is 1.14 bits per heavy atom. The van der Waals surface area contributed by atoms with Crippen molar-refractivity contribution in [2.24, 2.45) is 0 Å². The number of carbonyl (C=O) groups is 3. The van der Waals surface area contributed by atoms with Gasteiger partial charge in [0.25, 0.3) is 0 Å². The van der Waals surface area contributed by atoms with Crippen LogP contribution in [0.3, 0.4) is 0 Å². The monoisotopic (exact) mass is 405 g/mol. The summed E-state index contributed by atoms with van der Waals surface area (Å²) < 4.78 is 5.15. The quantitative estimate of drug-likeness (QED) is 0.617. The Hall–Kier alpha value is -2.57. The lowest BCUT2D eigenvalue weighted by atomic mass is 10.0. The number of aryl methyl sites for hydroxylation is 1. The molecule has 162 valence electrons. The van der Waals surface area contributed by atoms with Crippen LogP contribution in [0.15, 0.2) is 24.3 Å². The predicted molar refractivity (Wildman–Crippen MR) is 113 cm³/mol. The topological polar surface area (TPSA) is 87.7 Å². The lowest BCUT2D eigenvalue weighted by Gasteiger charge is -2.28. The Balaban J connectivity index is 2.86. The fraction of sp³-hybridized carbons (Fsp3) is 0.591. The van der Waals surface area contributed by atoms with E-state index in [9.17, 15) is 14.4 Å². The van der Waals surface area contributed by atoms with Crippen LogP contribution in [0.5, 0.6) is 0 Å². The van der Waals surface area contributed by atoms with Gasteiger partial charge in [-0.15, -0.1) is 0 Å². The zero-order valence-corrected chi connectivity index (χ0v) is 18.5. The molecule has 0 bridgehead atoms. The molecule has 0 heterocycles. The van der Waals surface area contributed by atoms with E-state index in [1.165, 1.54) is 4.90 Å². The molecule has 1 unspecified atom stereocenters. The molecule has 0 fully saturated rings. The van der Waals surface area contributed by atoms with Crippen molar-refractivity contribution in [3.8, 4) is 0 Å². The van der Waals surface area contributed by atoms with Crippen molar-refractivity contribution in [2.75, 3.05) is 20.1 Å². The second kappa shape index (κ2) is 11.4. The Labute approximate surface area is 174 Å². The van der Waals surface area contributed by atoms with Crippen LogP contribution in [0.4, 0.5) is 4.79 Å². The number of alkyl carbamates (subject to hydrolysis) is 1. The van der Waals surface area contributed by atoms with E-state index in [2.05, 4.69) is 17.6 Å². The van der Waals surface area contributed by atoms with Gasteiger partial charge in [0.15, 0.2) is 0 Å². The summed E-state index contributed by atoms with van der Waals surface area (Å²) in [7, 11) is 1.57. The maximum atomic E-state index is 12.9. The van der Waals surface area contributed by atoms with Crippen molar-refractivity contribution in [1.29, 1.82) is 0 Å². The first kappa shape index (κ1) is 24.5. The number of ether oxygens (including phenoxy) is 1. The first-order chi connectivity index (χ1) is 13.5. The molecule has 0 saturated carbocycles. The van der Waals surface area contributed by atoms with Gasteiger partial charge in [0.2, 0.25) is 11.8 Å². The molecule has 0 aliphatic carbocycles. The van der Waals surface area contributed by atoms with Gasteiger partial charge in [-0.3, -0.25) is 9.59 Å². The molecule has 1 atom stereocenters. The van der Waals surface area contributed by atoms with Crippen LogP contribution in [-0.4, -0.2) is 48.5 Å². The van der Waals surface area contributed by atoms with Gasteiger partial charge < -0.3 is 20.3 Å². The van der Waals surface area contributed by atoms with Gasteiger partial charge in [-0.25, -0.2) is 4.79 Å². The average Bonchev–Trinajstić information content (AvgIpc) is 2.62. The number of hydrogen-bond acceptors (Lipinski definition) is 4. The molecule has 7 heteroatoms. The molecule has 1 rings (SSSR count). The number of nitrogens with one attached hydrogen (secondary N) is 2. The Morgan fingerprint density at radius 2 is 1.83 bits per heavy atom. The summed E-state index contributed by atoms with van der Waals surface area (Å²) in [6.45, 7) is 9.59. The second-order valence-electron chi connectivity index (χ2n) is 8.17. The molecule has 0 aliphatic heterocycles. The fourth-order valence-electron chi connectivity index (χ4n) is 2.80. The SMILES string of the molecule is CCCCCNC(=O)C(c1cccc(C)c1)N(C)C(=O)CNC(=O)OC(C)(C)C. The molecule has 0 saturated heterocycles. The highest BCUT2D eigenvalue weighted by Crippen LogP contribution is 2.21. The van der Waals surface area contributed by atoms with Gasteiger partial charge in [-0.05, 0) is 39.7 Å². The summed E-state index contributed by atoms with van der Waals surface area (Å²) in [5.74, 6) is -0.620. The Kier molecular flexibility index (Phi) is 9.65. The summed E-state index contributed by atoms with van der Waals surface area (Å²) in [5, 5.41) is 5.37. The highest BCUT2D eigenvalue weighted by Gasteiger charge is 2.29. The van der Waals surface area contributed by atoms with E-state index in [1.807, 2.05) is 31.2 Å². The van der Waals surface area contributed by atoms with Gasteiger partial charge in [0, 0.05) is 13.6 Å². The molecule has 1 aromatic rings. The van der Waals surface area contributed by atoms with Crippen LogP contribution in [0.1, 0.15) is 64.1 Å². The summed E-state index contributed by atoms with van der Waals surface area (Å²) in [5.41, 5.74) is 1.08. The highest BCUT2D eigenvalue weighted by molar-refractivity contribution is 5.90. The Morgan fingerprint density at radius 3 is 2.41 bits per heavy atom. The third-order valence-corrected chi connectivity index (χ3v) is 4.25. The largest absolute Gasteiger partial charge is 0.444 e. The molecule has 3 amide bonds. The minimum Gasteiger partial charge on any atom is -0.444 e. The number of nitrogens with zero attached hydrogens (tertiary/aromatic N) is 1. The number of likely N-dealkylation sites (N-methyl/N-ethyl adjacent to an activating group) is 1. The van der Waals surface area contributed by atoms with Crippen molar-refractivity contribution in [3.63, 3.8) is 0 Å². The number of carbonyl (C=O) groups excluding carboxylic acids is 3. The van der Waals surface area contributed by atoms with Crippen LogP contribution in [-0.2, 0) is 14.3 Å². The lowest BCUT2D eigenvalue weighted by molar-refractivity contribution is -0.138. The third kappa shape index (κ3) is 8.98. The van der Waals surface area contributed by atoms with Gasteiger partial charge >= 0.3 is 6.09 Å². The molecule has 0 radical (unpaired) electrons. The fourth-order valence-corrected chi connectivity index (χ4v) is 2.80. The molecular weight excluding hydrogens is 370 g/mol. The van der Waals surface area contributed by atoms with Crippen LogP contribution >= 0.6 is 0 Å². The normalized spacial score (nSPS) is 12.1. The van der Waals surface area contributed by atoms with Gasteiger partial charge in [0.1, 0.15) is 18.2 Å². The maximum Gasteiger partial charge on any atom is 0.408 e. The maximum absolute atomic E-state index is 12.9. The standard InChI is InChI=1S/C22H35N3O4/c1-7-8-9-13-23-20(27)19(17-12-10-11-16(2)14-17)25(6)18(26)15-24-21(28)29-22(3,4)5/h10-12,14,19H,7-9,13,15H2,1-6H3,(H,23,27)(H,24,28). The van der Waals surface area contributed by atoms with Gasteiger partial charge in [-0.1, -0.05) is 49.6 Å². The van der Waals surface area contributed by atoms with E-state index in [4.69, 9.17) is 4.74 Å². The van der Waals surface area contributed by atoms with Crippen molar-refractivity contribution in [3.05, 3.63) is 35.4 Å². The minimum absolute atomic E-state index is 0.236. The molecule has 0 aliphatic rings. The number of amides is 3. The van der Waals surface area contributed by atoms with Crippen molar-refractivity contribution in [2.45, 2.75) is 65.5 Å². The van der Waals surface area contributed by atoms with E-state index < -0.39 is 17.7 Å². The van der Waals surface area contributed by atoms with Crippen LogP contribution < -0.4 is 10.6 Å². The summed E-state index contributed by atoms with van der Waals surface area (Å²) in [6, 6.07) is 6.74. The van der Waals surface area contributed by atoms with Crippen LogP contribution in [0, 0.1) is 6.92 Å². The molecule has 0 aromatic heterocycles. The van der Waals surface area contributed by atoms with Crippen molar-refractivity contribution >= 4 is 17.9 Å². The van der Waals surface area contributed by atoms with Crippen LogP contribution in [0.2, 0.25) is 0 Å². The Bertz CT molecular complexity index is 698. The molecule has 7 nitrogen and oxygen atoms in total. The third-order valence-electron chi connectivity index (χ3n) is 4.25. The van der Waals surface area contributed by atoms with Crippen LogP contribution in [0.25, 0.3) is 0 Å². The van der Waals surface area contributed by atoms with Crippen molar-refractivity contribution in [1.82, 2.24) is 15.5 Å². The summed E-state index contributed by atoms with van der Waals surface area (Å²) >= 11 is 0. The average molecular weight is 406 g/mol. The number of benzene rings is 1. The minimum atomic E-state index is -0.774. The smallest absolute Gasteiger partial charge is 0.408 e. The predicted octanol–water partition coefficient (Wildman–Crippen LogP) is 3.33. The molecule has 0 spiro atoms. The first-order valence-corrected chi connectivity index (χ1v) is 10.1. The zero-order chi connectivity index (χ0) is 22.0. The van der Waals surface area contributed by atoms with Crippen molar-refractivity contribution < 1.29 is 19.1 Å². The molecular formula is C22H35N3O4. The van der Waals surface area contributed by atoms with E-state index >= 15 is 0 Å². The zero-order valence-electron chi connectivity index (χ0n) is 18.5. The van der Waals surface area contributed by atoms with E-state index in [1.54, 1.807) is 27.8 Å². The number of hydrogen-bond donors (Lipinski definition) is 2. The number of unbranched alkanes of at least 4 members (excludes halogenated alkanes) is 2. The molecule has 1 aromatic carbocycles. The first-order valence-electron chi connectivity index (χ1n) is 10.1. The van der Waals surface area contributed by atoms with E-state index in [0.717, 1.165) is 30.4 Å². The summed E-state index contributed by atoms with van der Waals surface area (Å²) in [4.78, 5) is 38.7. The van der Waals surface area contributed by atoms with Gasteiger partial charge in [-0.2, -0.15) is 0 Å². The highest BCUT2D eigenvalue weighted by atomic mass is 16.6. The summed E-state index contributed by atoms with van der Waals surface area (Å²) in [6.07, 6.45) is 2.31. The molecule has 29 heavy (non-hydrogen) atoms. The second-order valence-corrected chi connectivity index (χ2v) is 8.17. The van der Waals surface area contributed by atoms with E-state index in [0.29, 0.717) is 6.54 Å². The number of rotatable bonds is 9. The lowest BCUT2D eigenvalue weighted by Crippen LogP contribution is -2.46. The van der Waals surface area contributed by atoms with Gasteiger partial charge in [0.05, 0.1) is 0 Å². The molecule has 2 N–H and O–H groups in total.